The molecule has 0 radical (unpaired) electrons. The van der Waals surface area contributed by atoms with E-state index in [4.69, 9.17) is 0 Å². The van der Waals surface area contributed by atoms with Gasteiger partial charge in [-0.2, -0.15) is 0 Å². The van der Waals surface area contributed by atoms with Gasteiger partial charge in [-0.15, -0.1) is 5.10 Å². The second-order valence-electron chi connectivity index (χ2n) is 8.12. The molecule has 29 heavy (non-hydrogen) atoms. The fourth-order valence-corrected chi connectivity index (χ4v) is 3.91. The summed E-state index contributed by atoms with van der Waals surface area (Å²) in [5.74, 6) is 0.726. The number of nitrogens with one attached hydrogen (secondary N) is 1. The molecule has 4 rings (SSSR count). The maximum atomic E-state index is 12.9. The van der Waals surface area contributed by atoms with Gasteiger partial charge in [-0.05, 0) is 62.9 Å². The van der Waals surface area contributed by atoms with Crippen LogP contribution in [0.4, 0.5) is 0 Å². The molecule has 0 saturated heterocycles. The van der Waals surface area contributed by atoms with Crippen molar-refractivity contribution in [3.05, 3.63) is 65.0 Å². The number of hydrogen-bond donors (Lipinski definition) is 1. The molecule has 0 bridgehead atoms. The fourth-order valence-electron chi connectivity index (χ4n) is 3.91. The Bertz CT molecular complexity index is 1030. The lowest BCUT2D eigenvalue weighted by Crippen LogP contribution is -2.36. The normalized spacial score (nSPS) is 14.7. The van der Waals surface area contributed by atoms with E-state index in [1.54, 1.807) is 4.68 Å². The summed E-state index contributed by atoms with van der Waals surface area (Å²) in [6, 6.07) is 14.6. The number of carbonyl (C=O) groups excluding carboxylic acids is 1. The molecule has 0 aliphatic heterocycles. The van der Waals surface area contributed by atoms with Crippen molar-refractivity contribution in [3.63, 3.8) is 0 Å². The van der Waals surface area contributed by atoms with Crippen molar-refractivity contribution < 1.29 is 4.79 Å². The molecule has 1 amide bonds. The zero-order valence-corrected chi connectivity index (χ0v) is 17.4. The fraction of sp³-hybridized carbons (Fsp3) is 0.375. The molecular weight excluding hydrogens is 360 g/mol. The summed E-state index contributed by atoms with van der Waals surface area (Å²) in [7, 11) is 0. The first-order valence-electron chi connectivity index (χ1n) is 10.4. The minimum atomic E-state index is -0.187. The summed E-state index contributed by atoms with van der Waals surface area (Å²) in [5, 5.41) is 7.75. The van der Waals surface area contributed by atoms with E-state index in [0.717, 1.165) is 29.7 Å². The number of aromatic nitrogens is 3. The van der Waals surface area contributed by atoms with E-state index in [1.165, 1.54) is 30.4 Å². The van der Waals surface area contributed by atoms with Gasteiger partial charge < -0.3 is 5.32 Å². The molecule has 150 valence electrons. The van der Waals surface area contributed by atoms with Gasteiger partial charge in [0.15, 0.2) is 5.82 Å². The van der Waals surface area contributed by atoms with Gasteiger partial charge in [0, 0.05) is 11.6 Å². The van der Waals surface area contributed by atoms with Crippen LogP contribution in [0.2, 0.25) is 0 Å². The van der Waals surface area contributed by atoms with Crippen molar-refractivity contribution in [2.75, 3.05) is 0 Å². The number of nitrogens with zero attached hydrogens (tertiary/aromatic N) is 3. The third-order valence-electron chi connectivity index (χ3n) is 5.76. The van der Waals surface area contributed by atoms with E-state index in [0.29, 0.717) is 5.82 Å². The van der Waals surface area contributed by atoms with Crippen LogP contribution >= 0.6 is 0 Å². The standard InChI is InChI=1S/C24H28N4O/c1-16-8-7-9-19(14-16)23-26-22(24(29)25-20-10-5-4-6-11-20)27-28(23)21-13-12-17(2)18(3)15-21/h7-9,12-15,20H,4-6,10-11H2,1-3H3,(H,25,29). The molecule has 2 aromatic carbocycles. The molecule has 1 heterocycles. The molecular formula is C24H28N4O. The summed E-state index contributed by atoms with van der Waals surface area (Å²) in [6.45, 7) is 6.22. The smallest absolute Gasteiger partial charge is 0.291 e. The van der Waals surface area contributed by atoms with Crippen molar-refractivity contribution in [3.8, 4) is 17.1 Å². The van der Waals surface area contributed by atoms with E-state index < -0.39 is 0 Å². The van der Waals surface area contributed by atoms with Crippen LogP contribution in [0.25, 0.3) is 17.1 Å². The first-order valence-corrected chi connectivity index (χ1v) is 10.4. The molecule has 0 atom stereocenters. The maximum absolute atomic E-state index is 12.9. The monoisotopic (exact) mass is 388 g/mol. The molecule has 3 aromatic rings. The van der Waals surface area contributed by atoms with Crippen LogP contribution < -0.4 is 5.32 Å². The summed E-state index contributed by atoms with van der Waals surface area (Å²) >= 11 is 0. The number of benzene rings is 2. The second-order valence-corrected chi connectivity index (χ2v) is 8.12. The zero-order chi connectivity index (χ0) is 20.4. The Morgan fingerprint density at radius 1 is 1.00 bits per heavy atom. The molecule has 1 N–H and O–H groups in total. The van der Waals surface area contributed by atoms with Crippen LogP contribution in [0.3, 0.4) is 0 Å². The zero-order valence-electron chi connectivity index (χ0n) is 17.4. The molecule has 1 aromatic heterocycles. The van der Waals surface area contributed by atoms with Crippen molar-refractivity contribution in [2.24, 2.45) is 0 Å². The predicted molar refractivity (Wildman–Crippen MR) is 115 cm³/mol. The summed E-state index contributed by atoms with van der Waals surface area (Å²) in [5.41, 5.74) is 5.41. The third kappa shape index (κ3) is 4.24. The topological polar surface area (TPSA) is 59.8 Å². The van der Waals surface area contributed by atoms with E-state index in [-0.39, 0.29) is 17.8 Å². The van der Waals surface area contributed by atoms with Gasteiger partial charge in [-0.1, -0.05) is 49.1 Å². The highest BCUT2D eigenvalue weighted by molar-refractivity contribution is 5.91. The molecule has 0 spiro atoms. The Balaban J connectivity index is 1.73. The van der Waals surface area contributed by atoms with E-state index in [1.807, 2.05) is 18.2 Å². The van der Waals surface area contributed by atoms with E-state index >= 15 is 0 Å². The number of aryl methyl sites for hydroxylation is 3. The largest absolute Gasteiger partial charge is 0.347 e. The number of carbonyl (C=O) groups is 1. The van der Waals surface area contributed by atoms with Gasteiger partial charge >= 0.3 is 0 Å². The van der Waals surface area contributed by atoms with Gasteiger partial charge in [-0.25, -0.2) is 9.67 Å². The van der Waals surface area contributed by atoms with Crippen LogP contribution in [-0.4, -0.2) is 26.7 Å². The lowest BCUT2D eigenvalue weighted by Gasteiger charge is -2.21. The average molecular weight is 389 g/mol. The lowest BCUT2D eigenvalue weighted by atomic mass is 9.95. The second kappa shape index (κ2) is 8.19. The quantitative estimate of drug-likeness (QED) is 0.690. The Kier molecular flexibility index (Phi) is 5.47. The summed E-state index contributed by atoms with van der Waals surface area (Å²) in [4.78, 5) is 17.5. The van der Waals surface area contributed by atoms with Gasteiger partial charge in [0.25, 0.3) is 5.91 Å². The first-order chi connectivity index (χ1) is 14.0. The van der Waals surface area contributed by atoms with Crippen molar-refractivity contribution in [2.45, 2.75) is 58.9 Å². The van der Waals surface area contributed by atoms with Gasteiger partial charge in [0.05, 0.1) is 5.69 Å². The van der Waals surface area contributed by atoms with Crippen molar-refractivity contribution >= 4 is 5.91 Å². The molecule has 1 aliphatic rings. The van der Waals surface area contributed by atoms with Crippen molar-refractivity contribution in [1.29, 1.82) is 0 Å². The molecule has 5 nitrogen and oxygen atoms in total. The average Bonchev–Trinajstić information content (AvgIpc) is 3.16. The minimum Gasteiger partial charge on any atom is -0.347 e. The third-order valence-corrected chi connectivity index (χ3v) is 5.76. The number of rotatable bonds is 4. The molecule has 0 unspecified atom stereocenters. The molecule has 1 saturated carbocycles. The van der Waals surface area contributed by atoms with Crippen LogP contribution in [0, 0.1) is 20.8 Å². The van der Waals surface area contributed by atoms with Crippen LogP contribution in [-0.2, 0) is 0 Å². The van der Waals surface area contributed by atoms with Crippen LogP contribution in [0.1, 0.15) is 59.4 Å². The first kappa shape index (κ1) is 19.4. The Morgan fingerprint density at radius 2 is 1.79 bits per heavy atom. The lowest BCUT2D eigenvalue weighted by molar-refractivity contribution is 0.0917. The van der Waals surface area contributed by atoms with E-state index in [9.17, 15) is 4.79 Å². The summed E-state index contributed by atoms with van der Waals surface area (Å²) in [6.07, 6.45) is 5.67. The molecule has 5 heteroatoms. The molecule has 1 aliphatic carbocycles. The number of amides is 1. The highest BCUT2D eigenvalue weighted by Crippen LogP contribution is 2.24. The molecule has 1 fully saturated rings. The Hall–Kier alpha value is -2.95. The van der Waals surface area contributed by atoms with Gasteiger partial charge in [0.2, 0.25) is 5.82 Å². The SMILES string of the molecule is Cc1cccc(-c2nc(C(=O)NC3CCCCC3)nn2-c2ccc(C)c(C)c2)c1. The number of hydrogen-bond acceptors (Lipinski definition) is 3. The van der Waals surface area contributed by atoms with Gasteiger partial charge in [-0.3, -0.25) is 4.79 Å². The Morgan fingerprint density at radius 3 is 2.52 bits per heavy atom. The maximum Gasteiger partial charge on any atom is 0.291 e. The predicted octanol–water partition coefficient (Wildman–Crippen LogP) is 4.92. The summed E-state index contributed by atoms with van der Waals surface area (Å²) < 4.78 is 1.79. The van der Waals surface area contributed by atoms with Crippen LogP contribution in [0.15, 0.2) is 42.5 Å². The highest BCUT2D eigenvalue weighted by atomic mass is 16.2. The van der Waals surface area contributed by atoms with Crippen molar-refractivity contribution in [1.82, 2.24) is 20.1 Å². The Labute approximate surface area is 172 Å². The van der Waals surface area contributed by atoms with Crippen LogP contribution in [0.5, 0.6) is 0 Å². The van der Waals surface area contributed by atoms with Gasteiger partial charge in [0.1, 0.15) is 0 Å². The van der Waals surface area contributed by atoms with E-state index in [2.05, 4.69) is 60.4 Å². The highest BCUT2D eigenvalue weighted by Gasteiger charge is 2.22. The minimum absolute atomic E-state index is 0.187.